The van der Waals surface area contributed by atoms with Gasteiger partial charge in [0.1, 0.15) is 0 Å². The van der Waals surface area contributed by atoms with E-state index in [0.29, 0.717) is 5.92 Å². The summed E-state index contributed by atoms with van der Waals surface area (Å²) in [4.78, 5) is 6.70. The van der Waals surface area contributed by atoms with Gasteiger partial charge in [-0.1, -0.05) is 213 Å². The lowest BCUT2D eigenvalue weighted by molar-refractivity contribution is 0.588. The van der Waals surface area contributed by atoms with Crippen LogP contribution in [0.3, 0.4) is 0 Å². The smallest absolute Gasteiger partial charge is 0.264 e. The molecule has 76 heavy (non-hydrogen) atoms. The van der Waals surface area contributed by atoms with Gasteiger partial charge in [0.2, 0.25) is 0 Å². The van der Waals surface area contributed by atoms with Gasteiger partial charge in [-0.2, -0.15) is 0 Å². The maximum Gasteiger partial charge on any atom is 0.264 e. The van der Waals surface area contributed by atoms with E-state index in [1.54, 1.807) is 0 Å². The summed E-state index contributed by atoms with van der Waals surface area (Å²) in [7, 11) is 0. The van der Waals surface area contributed by atoms with Crippen LogP contribution in [-0.4, -0.2) is 6.71 Å². The molecule has 3 heterocycles. The van der Waals surface area contributed by atoms with Gasteiger partial charge in [-0.15, -0.1) is 11.3 Å². The Kier molecular flexibility index (Phi) is 10.3. The molecule has 0 N–H and O–H groups in total. The summed E-state index contributed by atoms with van der Waals surface area (Å²) < 4.78 is 1.40. The van der Waals surface area contributed by atoms with E-state index in [0.717, 1.165) is 5.69 Å². The standard InChI is InChI=1S/C72H63BN2S/c1-43(2)47-26-35-53(46-18-12-11-13-19-46)57(40-47)48-27-37-61-62(41-48)74(51-31-24-44(3)25-32-51)63-38-45(4)39-64-66(63)73(61)69-67(75(64)52-33-28-49(29-34-52)70(5,6)7)65-56-36-30-50(71(8,9)10)42-60(56)72(68(65)76-69)58-22-16-14-20-54(58)55-21-15-17-23-59(55)72/h11-43H,1-10H3. The molecule has 0 bridgehead atoms. The van der Waals surface area contributed by atoms with Gasteiger partial charge in [-0.25, -0.2) is 0 Å². The van der Waals surface area contributed by atoms with Crippen molar-refractivity contribution in [3.05, 3.63) is 244 Å². The zero-order valence-corrected chi connectivity index (χ0v) is 46.2. The van der Waals surface area contributed by atoms with Crippen molar-refractivity contribution < 1.29 is 0 Å². The van der Waals surface area contributed by atoms with Crippen molar-refractivity contribution >= 4 is 67.9 Å². The molecule has 0 atom stereocenters. The molecule has 0 fully saturated rings. The summed E-state index contributed by atoms with van der Waals surface area (Å²) in [6.45, 7) is 23.1. The van der Waals surface area contributed by atoms with Crippen molar-refractivity contribution in [1.29, 1.82) is 0 Å². The van der Waals surface area contributed by atoms with E-state index < -0.39 is 5.41 Å². The Labute approximate surface area is 454 Å². The van der Waals surface area contributed by atoms with Crippen LogP contribution in [0.25, 0.3) is 44.5 Å². The topological polar surface area (TPSA) is 6.48 Å². The van der Waals surface area contributed by atoms with Gasteiger partial charge < -0.3 is 9.80 Å². The van der Waals surface area contributed by atoms with E-state index in [1.165, 1.54) is 138 Å². The number of thiophene rings is 1. The highest BCUT2D eigenvalue weighted by Gasteiger charge is 2.57. The van der Waals surface area contributed by atoms with E-state index >= 15 is 0 Å². The SMILES string of the molecule is Cc1ccc(N2c3cc(-c4cc(C(C)C)ccc4-c4ccccc4)ccc3B3c4sc5c(c4N(c4ccc(C(C)(C)C)cc4)c4cc(C)cc2c43)-c2ccc(C(C)(C)C)cc2C52c3ccccc3-c3ccccc32)cc1. The minimum atomic E-state index is -0.502. The fourth-order valence-corrected chi connectivity index (χ4v) is 15.1. The molecule has 4 heteroatoms. The third-order valence-electron chi connectivity index (χ3n) is 17.3. The molecule has 2 aliphatic heterocycles. The predicted octanol–water partition coefficient (Wildman–Crippen LogP) is 17.8. The van der Waals surface area contributed by atoms with E-state index in [-0.39, 0.29) is 17.5 Å². The third-order valence-corrected chi connectivity index (χ3v) is 18.6. The maximum atomic E-state index is 2.68. The molecule has 1 spiro atoms. The van der Waals surface area contributed by atoms with Crippen LogP contribution in [0.4, 0.5) is 34.1 Å². The zero-order valence-electron chi connectivity index (χ0n) is 45.4. The van der Waals surface area contributed by atoms with E-state index in [4.69, 9.17) is 0 Å². The summed E-state index contributed by atoms with van der Waals surface area (Å²) in [6.07, 6.45) is 0. The first kappa shape index (κ1) is 46.8. The molecule has 14 rings (SSSR count). The van der Waals surface area contributed by atoms with Crippen molar-refractivity contribution in [3.63, 3.8) is 0 Å². The number of hydrogen-bond acceptors (Lipinski definition) is 3. The second-order valence-electron chi connectivity index (χ2n) is 24.4. The van der Waals surface area contributed by atoms with Crippen molar-refractivity contribution in [2.75, 3.05) is 9.80 Å². The Hall–Kier alpha value is -7.66. The predicted molar refractivity (Wildman–Crippen MR) is 326 cm³/mol. The summed E-state index contributed by atoms with van der Waals surface area (Å²) >= 11 is 2.07. The second-order valence-corrected chi connectivity index (χ2v) is 25.5. The summed E-state index contributed by atoms with van der Waals surface area (Å²) in [5.74, 6) is 0.389. The fraction of sp³-hybridized carbons (Fsp3) is 0.194. The molecular weight excluding hydrogens is 936 g/mol. The van der Waals surface area contributed by atoms with Gasteiger partial charge in [0.05, 0.1) is 11.1 Å². The minimum absolute atomic E-state index is 0.0111. The lowest BCUT2D eigenvalue weighted by Gasteiger charge is -2.44. The molecule has 0 unspecified atom stereocenters. The number of aryl methyl sites for hydroxylation is 2. The van der Waals surface area contributed by atoms with Crippen molar-refractivity contribution in [2.45, 2.75) is 91.4 Å². The lowest BCUT2D eigenvalue weighted by atomic mass is 9.36. The van der Waals surface area contributed by atoms with Gasteiger partial charge in [-0.3, -0.25) is 0 Å². The van der Waals surface area contributed by atoms with Crippen LogP contribution in [0.2, 0.25) is 0 Å². The highest BCUT2D eigenvalue weighted by Crippen LogP contribution is 2.67. The Morgan fingerprint density at radius 3 is 1.71 bits per heavy atom. The largest absolute Gasteiger partial charge is 0.311 e. The Morgan fingerprint density at radius 1 is 0.461 bits per heavy atom. The molecule has 2 nitrogen and oxygen atoms in total. The first-order chi connectivity index (χ1) is 36.6. The van der Waals surface area contributed by atoms with Crippen LogP contribution in [0.5, 0.6) is 0 Å². The Balaban J connectivity index is 1.11. The van der Waals surface area contributed by atoms with E-state index in [1.807, 2.05) is 0 Å². The number of hydrogen-bond donors (Lipinski definition) is 0. The van der Waals surface area contributed by atoms with Crippen LogP contribution >= 0.6 is 11.3 Å². The third kappa shape index (κ3) is 6.72. The molecular formula is C72H63BN2S. The number of anilines is 6. The first-order valence-corrected chi connectivity index (χ1v) is 28.2. The molecule has 4 aliphatic rings. The average Bonchev–Trinajstić information content (AvgIpc) is 3.97. The highest BCUT2D eigenvalue weighted by molar-refractivity contribution is 7.30. The highest BCUT2D eigenvalue weighted by atomic mass is 32.1. The molecule has 0 amide bonds. The monoisotopic (exact) mass is 998 g/mol. The summed E-state index contributed by atoms with van der Waals surface area (Å²) in [5.41, 5.74) is 30.6. The molecule has 0 saturated heterocycles. The van der Waals surface area contributed by atoms with Crippen LogP contribution in [0, 0.1) is 13.8 Å². The number of rotatable bonds is 5. The summed E-state index contributed by atoms with van der Waals surface area (Å²) in [5, 5.41) is 0. The Bertz CT molecular complexity index is 3970. The average molecular weight is 999 g/mol. The quantitative estimate of drug-likeness (QED) is 0.159. The van der Waals surface area contributed by atoms with Crippen LogP contribution in [0.15, 0.2) is 194 Å². The van der Waals surface area contributed by atoms with Crippen LogP contribution < -0.4 is 25.5 Å². The normalized spacial score (nSPS) is 14.3. The van der Waals surface area contributed by atoms with Crippen molar-refractivity contribution in [2.24, 2.45) is 0 Å². The van der Waals surface area contributed by atoms with Crippen molar-refractivity contribution in [3.8, 4) is 44.5 Å². The van der Waals surface area contributed by atoms with Crippen molar-refractivity contribution in [1.82, 2.24) is 0 Å². The zero-order chi connectivity index (χ0) is 52.2. The number of nitrogens with zero attached hydrogens (tertiary/aromatic N) is 2. The van der Waals surface area contributed by atoms with E-state index in [2.05, 4.69) is 284 Å². The van der Waals surface area contributed by atoms with Crippen LogP contribution in [-0.2, 0) is 16.2 Å². The summed E-state index contributed by atoms with van der Waals surface area (Å²) in [6, 6.07) is 75.4. The number of benzene rings is 9. The molecule has 0 radical (unpaired) electrons. The molecule has 1 aromatic heterocycles. The maximum absolute atomic E-state index is 2.68. The van der Waals surface area contributed by atoms with Gasteiger partial charge in [0.15, 0.2) is 0 Å². The molecule has 0 saturated carbocycles. The lowest BCUT2D eigenvalue weighted by Crippen LogP contribution is -2.60. The fourth-order valence-electron chi connectivity index (χ4n) is 13.4. The molecule has 10 aromatic rings. The molecule has 370 valence electrons. The first-order valence-electron chi connectivity index (χ1n) is 27.4. The minimum Gasteiger partial charge on any atom is -0.311 e. The van der Waals surface area contributed by atoms with E-state index in [9.17, 15) is 0 Å². The van der Waals surface area contributed by atoms with Gasteiger partial charge in [-0.05, 0) is 162 Å². The molecule has 2 aliphatic carbocycles. The molecule has 9 aromatic carbocycles. The van der Waals surface area contributed by atoms with Gasteiger partial charge in [0.25, 0.3) is 6.71 Å². The van der Waals surface area contributed by atoms with Gasteiger partial charge >= 0.3 is 0 Å². The number of fused-ring (bicyclic) bond motifs is 15. The Morgan fingerprint density at radius 2 is 1.05 bits per heavy atom. The van der Waals surface area contributed by atoms with Gasteiger partial charge in [0, 0.05) is 43.7 Å². The van der Waals surface area contributed by atoms with Crippen LogP contribution in [0.1, 0.15) is 111 Å². The second kappa shape index (κ2) is 16.7.